The first kappa shape index (κ1) is 20.1. The van der Waals surface area contributed by atoms with E-state index in [0.29, 0.717) is 41.6 Å². The van der Waals surface area contributed by atoms with E-state index in [-0.39, 0.29) is 0 Å². The molecule has 0 saturated carbocycles. The number of rotatable bonds is 8. The van der Waals surface area contributed by atoms with Gasteiger partial charge in [-0.2, -0.15) is 0 Å². The van der Waals surface area contributed by atoms with Gasteiger partial charge in [-0.15, -0.1) is 0 Å². The summed E-state index contributed by atoms with van der Waals surface area (Å²) >= 11 is 0. The zero-order valence-electron chi connectivity index (χ0n) is 15.7. The molecule has 7 heteroatoms. The van der Waals surface area contributed by atoms with Crippen molar-refractivity contribution < 1.29 is 23.8 Å². The molecule has 0 bridgehead atoms. The van der Waals surface area contributed by atoms with Crippen LogP contribution in [0, 0.1) is 0 Å². The van der Waals surface area contributed by atoms with Crippen LogP contribution in [-0.4, -0.2) is 32.1 Å². The molecule has 0 unspecified atom stereocenters. The van der Waals surface area contributed by atoms with E-state index in [1.807, 2.05) is 13.8 Å². The number of hydrazine groups is 1. The Morgan fingerprint density at radius 2 is 1.48 bits per heavy atom. The first-order valence-corrected chi connectivity index (χ1v) is 8.73. The van der Waals surface area contributed by atoms with E-state index < -0.39 is 11.8 Å². The van der Waals surface area contributed by atoms with E-state index in [9.17, 15) is 9.59 Å². The molecule has 2 aromatic carbocycles. The molecule has 0 radical (unpaired) electrons. The van der Waals surface area contributed by atoms with Crippen LogP contribution in [-0.2, 0) is 0 Å². The smallest absolute Gasteiger partial charge is 0.269 e. The maximum absolute atomic E-state index is 12.2. The van der Waals surface area contributed by atoms with Gasteiger partial charge >= 0.3 is 0 Å². The number of amides is 2. The average molecular weight is 372 g/mol. The van der Waals surface area contributed by atoms with E-state index in [4.69, 9.17) is 14.2 Å². The maximum atomic E-state index is 12.2. The molecule has 2 N–H and O–H groups in total. The Balaban J connectivity index is 1.95. The molecule has 144 valence electrons. The second-order valence-corrected chi connectivity index (χ2v) is 5.58. The third-order valence-corrected chi connectivity index (χ3v) is 3.60. The quantitative estimate of drug-likeness (QED) is 0.696. The molecule has 2 aromatic rings. The van der Waals surface area contributed by atoms with Gasteiger partial charge in [0.1, 0.15) is 5.75 Å². The second-order valence-electron chi connectivity index (χ2n) is 5.58. The Morgan fingerprint density at radius 1 is 0.852 bits per heavy atom. The summed E-state index contributed by atoms with van der Waals surface area (Å²) in [6, 6.07) is 11.5. The lowest BCUT2D eigenvalue weighted by atomic mass is 10.2. The molecule has 2 rings (SSSR count). The number of hydrogen-bond acceptors (Lipinski definition) is 5. The molecular weight excluding hydrogens is 348 g/mol. The summed E-state index contributed by atoms with van der Waals surface area (Å²) in [4.78, 5) is 24.4. The van der Waals surface area contributed by atoms with Crippen molar-refractivity contribution in [3.8, 4) is 17.2 Å². The van der Waals surface area contributed by atoms with Crippen molar-refractivity contribution in [3.05, 3.63) is 53.6 Å². The van der Waals surface area contributed by atoms with Gasteiger partial charge in [0.2, 0.25) is 0 Å². The fourth-order valence-electron chi connectivity index (χ4n) is 2.26. The molecule has 0 aromatic heterocycles. The van der Waals surface area contributed by atoms with Crippen molar-refractivity contribution in [1.82, 2.24) is 10.9 Å². The first-order valence-electron chi connectivity index (χ1n) is 8.73. The van der Waals surface area contributed by atoms with Gasteiger partial charge in [-0.05, 0) is 55.8 Å². The maximum Gasteiger partial charge on any atom is 0.269 e. The van der Waals surface area contributed by atoms with Crippen LogP contribution in [0.5, 0.6) is 17.2 Å². The van der Waals surface area contributed by atoms with Crippen molar-refractivity contribution in [2.75, 3.05) is 20.3 Å². The topological polar surface area (TPSA) is 85.9 Å². The minimum Gasteiger partial charge on any atom is -0.494 e. The van der Waals surface area contributed by atoms with Gasteiger partial charge in [0.05, 0.1) is 20.3 Å². The van der Waals surface area contributed by atoms with Crippen LogP contribution in [0.25, 0.3) is 0 Å². The number of methoxy groups -OCH3 is 1. The Morgan fingerprint density at radius 3 is 2.07 bits per heavy atom. The van der Waals surface area contributed by atoms with E-state index >= 15 is 0 Å². The summed E-state index contributed by atoms with van der Waals surface area (Å²) in [5.41, 5.74) is 5.51. The SMILES string of the molecule is CCCOc1ccc(C(=O)NNC(=O)c2ccc(OCC)c(OC)c2)cc1. The Labute approximate surface area is 158 Å². The molecule has 0 aliphatic rings. The van der Waals surface area contributed by atoms with Gasteiger partial charge in [0.25, 0.3) is 11.8 Å². The van der Waals surface area contributed by atoms with Crippen LogP contribution < -0.4 is 25.1 Å². The van der Waals surface area contributed by atoms with Crippen LogP contribution in [0.2, 0.25) is 0 Å². The highest BCUT2D eigenvalue weighted by molar-refractivity contribution is 5.99. The monoisotopic (exact) mass is 372 g/mol. The van der Waals surface area contributed by atoms with E-state index in [2.05, 4.69) is 10.9 Å². The van der Waals surface area contributed by atoms with Gasteiger partial charge < -0.3 is 14.2 Å². The molecule has 2 amide bonds. The third kappa shape index (κ3) is 5.64. The van der Waals surface area contributed by atoms with E-state index in [0.717, 1.165) is 6.42 Å². The minimum atomic E-state index is -0.465. The molecule has 0 aliphatic carbocycles. The lowest BCUT2D eigenvalue weighted by molar-refractivity contribution is 0.0846. The largest absolute Gasteiger partial charge is 0.494 e. The van der Waals surface area contributed by atoms with Crippen molar-refractivity contribution in [1.29, 1.82) is 0 Å². The number of carbonyl (C=O) groups is 2. The van der Waals surface area contributed by atoms with Gasteiger partial charge in [-0.1, -0.05) is 6.92 Å². The van der Waals surface area contributed by atoms with Gasteiger partial charge in [0, 0.05) is 11.1 Å². The summed E-state index contributed by atoms with van der Waals surface area (Å²) in [5.74, 6) is 0.791. The number of benzene rings is 2. The Kier molecular flexibility index (Phi) is 7.49. The fraction of sp³-hybridized carbons (Fsp3) is 0.300. The highest BCUT2D eigenvalue weighted by atomic mass is 16.5. The van der Waals surface area contributed by atoms with Gasteiger partial charge in [-0.25, -0.2) is 0 Å². The molecule has 0 atom stereocenters. The predicted octanol–water partition coefficient (Wildman–Crippen LogP) is 2.96. The lowest BCUT2D eigenvalue weighted by Gasteiger charge is -2.12. The van der Waals surface area contributed by atoms with Crippen molar-refractivity contribution in [2.24, 2.45) is 0 Å². The first-order chi connectivity index (χ1) is 13.1. The summed E-state index contributed by atoms with van der Waals surface area (Å²) in [6.45, 7) is 4.98. The van der Waals surface area contributed by atoms with Gasteiger partial charge in [-0.3, -0.25) is 20.4 Å². The van der Waals surface area contributed by atoms with Crippen LogP contribution in [0.1, 0.15) is 41.0 Å². The third-order valence-electron chi connectivity index (χ3n) is 3.60. The number of hydrogen-bond donors (Lipinski definition) is 2. The molecule has 0 heterocycles. The molecule has 0 spiro atoms. The Hall–Kier alpha value is -3.22. The van der Waals surface area contributed by atoms with Crippen molar-refractivity contribution >= 4 is 11.8 Å². The highest BCUT2D eigenvalue weighted by Crippen LogP contribution is 2.27. The van der Waals surface area contributed by atoms with E-state index in [1.54, 1.807) is 42.5 Å². The van der Waals surface area contributed by atoms with Crippen LogP contribution in [0.4, 0.5) is 0 Å². The molecule has 0 fully saturated rings. The summed E-state index contributed by atoms with van der Waals surface area (Å²) in [5, 5.41) is 0. The lowest BCUT2D eigenvalue weighted by Crippen LogP contribution is -2.41. The van der Waals surface area contributed by atoms with Gasteiger partial charge in [0.15, 0.2) is 11.5 Å². The summed E-state index contributed by atoms with van der Waals surface area (Å²) in [7, 11) is 1.50. The number of ether oxygens (including phenoxy) is 3. The van der Waals surface area contributed by atoms with Crippen molar-refractivity contribution in [2.45, 2.75) is 20.3 Å². The predicted molar refractivity (Wildman–Crippen MR) is 101 cm³/mol. The minimum absolute atomic E-state index is 0.332. The molecule has 7 nitrogen and oxygen atoms in total. The zero-order valence-corrected chi connectivity index (χ0v) is 15.7. The molecule has 0 saturated heterocycles. The van der Waals surface area contributed by atoms with Crippen LogP contribution in [0.15, 0.2) is 42.5 Å². The molecular formula is C20H24N2O5. The number of nitrogens with one attached hydrogen (secondary N) is 2. The summed E-state index contributed by atoms with van der Waals surface area (Å²) in [6.07, 6.45) is 0.907. The molecule has 27 heavy (non-hydrogen) atoms. The fourth-order valence-corrected chi connectivity index (χ4v) is 2.26. The standard InChI is InChI=1S/C20H24N2O5/c1-4-12-27-16-9-6-14(7-10-16)19(23)21-22-20(24)15-8-11-17(26-5-2)18(13-15)25-3/h6-11,13H,4-5,12H2,1-3H3,(H,21,23)(H,22,24). The number of carbonyl (C=O) groups excluding carboxylic acids is 2. The second kappa shape index (κ2) is 10.1. The summed E-state index contributed by atoms with van der Waals surface area (Å²) < 4.78 is 16.1. The van der Waals surface area contributed by atoms with E-state index in [1.165, 1.54) is 7.11 Å². The molecule has 0 aliphatic heterocycles. The highest BCUT2D eigenvalue weighted by Gasteiger charge is 2.12. The normalized spacial score (nSPS) is 10.0. The Bertz CT molecular complexity index is 774. The van der Waals surface area contributed by atoms with Crippen LogP contribution in [0.3, 0.4) is 0 Å². The van der Waals surface area contributed by atoms with Crippen molar-refractivity contribution in [3.63, 3.8) is 0 Å². The van der Waals surface area contributed by atoms with Crippen LogP contribution >= 0.6 is 0 Å². The zero-order chi connectivity index (χ0) is 19.6. The average Bonchev–Trinajstić information content (AvgIpc) is 2.71.